The Labute approximate surface area is 131 Å². The molecule has 5 heteroatoms. The van der Waals surface area contributed by atoms with E-state index >= 15 is 0 Å². The molecule has 1 saturated heterocycles. The molecular formula is C17H24N2O3. The second-order valence-electron chi connectivity index (χ2n) is 7.45. The minimum atomic E-state index is -0.475. The lowest BCUT2D eigenvalue weighted by atomic mass is 9.74. The molecule has 120 valence electrons. The highest BCUT2D eigenvalue weighted by molar-refractivity contribution is 5.68. The van der Waals surface area contributed by atoms with Crippen molar-refractivity contribution in [3.8, 4) is 0 Å². The van der Waals surface area contributed by atoms with Crippen LogP contribution in [0.15, 0.2) is 18.3 Å². The van der Waals surface area contributed by atoms with Crippen LogP contribution in [0.1, 0.15) is 51.0 Å². The molecule has 0 bridgehead atoms. The van der Waals surface area contributed by atoms with Crippen LogP contribution in [0, 0.1) is 5.41 Å². The lowest BCUT2D eigenvalue weighted by molar-refractivity contribution is -0.0256. The molecule has 1 unspecified atom stereocenters. The summed E-state index contributed by atoms with van der Waals surface area (Å²) in [4.78, 5) is 18.3. The minimum absolute atomic E-state index is 0.171. The Bertz CT molecular complexity index is 572. The number of rotatable bonds is 0. The Balaban J connectivity index is 1.67. The zero-order valence-corrected chi connectivity index (χ0v) is 13.5. The molecule has 1 atom stereocenters. The molecule has 3 rings (SSSR count). The third-order valence-corrected chi connectivity index (χ3v) is 4.73. The van der Waals surface area contributed by atoms with Crippen molar-refractivity contribution >= 4 is 6.09 Å². The molecule has 1 aliphatic heterocycles. The van der Waals surface area contributed by atoms with Gasteiger partial charge in [-0.15, -0.1) is 0 Å². The third-order valence-electron chi connectivity index (χ3n) is 4.73. The van der Waals surface area contributed by atoms with Gasteiger partial charge in [-0.05, 0) is 46.1 Å². The van der Waals surface area contributed by atoms with Gasteiger partial charge >= 0.3 is 6.09 Å². The van der Waals surface area contributed by atoms with E-state index in [1.807, 2.05) is 32.9 Å². The molecule has 5 nitrogen and oxygen atoms in total. The topological polar surface area (TPSA) is 62.7 Å². The third kappa shape index (κ3) is 2.70. The van der Waals surface area contributed by atoms with E-state index in [9.17, 15) is 9.90 Å². The van der Waals surface area contributed by atoms with Crippen molar-refractivity contribution in [1.82, 2.24) is 9.88 Å². The summed E-state index contributed by atoms with van der Waals surface area (Å²) in [6.07, 6.45) is 3.41. The second kappa shape index (κ2) is 5.23. The predicted molar refractivity (Wildman–Crippen MR) is 82.4 cm³/mol. The van der Waals surface area contributed by atoms with Gasteiger partial charge in [0.05, 0.1) is 6.10 Å². The number of ether oxygens (including phenoxy) is 1. The summed E-state index contributed by atoms with van der Waals surface area (Å²) in [5.74, 6) is 0. The van der Waals surface area contributed by atoms with Crippen LogP contribution in [0.4, 0.5) is 4.79 Å². The van der Waals surface area contributed by atoms with Crippen LogP contribution in [0.2, 0.25) is 0 Å². The highest BCUT2D eigenvalue weighted by Gasteiger charge is 2.48. The number of hydrogen-bond donors (Lipinski definition) is 1. The van der Waals surface area contributed by atoms with Crippen molar-refractivity contribution in [2.45, 2.75) is 51.7 Å². The van der Waals surface area contributed by atoms with Gasteiger partial charge in [0.1, 0.15) is 5.60 Å². The quantitative estimate of drug-likeness (QED) is 0.800. The van der Waals surface area contributed by atoms with E-state index in [0.717, 1.165) is 30.5 Å². The summed E-state index contributed by atoms with van der Waals surface area (Å²) in [6.45, 7) is 6.87. The van der Waals surface area contributed by atoms with Crippen LogP contribution in [0.25, 0.3) is 0 Å². The lowest BCUT2D eigenvalue weighted by Gasteiger charge is -2.41. The van der Waals surface area contributed by atoms with Crippen molar-refractivity contribution in [2.75, 3.05) is 13.1 Å². The fourth-order valence-corrected chi connectivity index (χ4v) is 3.52. The number of aliphatic hydroxyl groups excluding tert-OH is 1. The van der Waals surface area contributed by atoms with E-state index in [0.29, 0.717) is 13.1 Å². The molecule has 22 heavy (non-hydrogen) atoms. The summed E-state index contributed by atoms with van der Waals surface area (Å²) >= 11 is 0. The number of amides is 1. The molecule has 1 fully saturated rings. The predicted octanol–water partition coefficient (Wildman–Crippen LogP) is 2.69. The van der Waals surface area contributed by atoms with Gasteiger partial charge in [-0.25, -0.2) is 4.79 Å². The Morgan fingerprint density at radius 1 is 1.41 bits per heavy atom. The number of carbonyl (C=O) groups excluding carboxylic acids is 1. The maximum Gasteiger partial charge on any atom is 0.410 e. The number of carbonyl (C=O) groups is 1. The second-order valence-corrected chi connectivity index (χ2v) is 7.45. The first kappa shape index (κ1) is 15.3. The van der Waals surface area contributed by atoms with Crippen molar-refractivity contribution in [3.05, 3.63) is 29.6 Å². The molecule has 0 aromatic carbocycles. The number of aliphatic hydroxyl groups is 1. The Hall–Kier alpha value is -1.62. The fourth-order valence-electron chi connectivity index (χ4n) is 3.52. The van der Waals surface area contributed by atoms with E-state index in [1.165, 1.54) is 0 Å². The number of piperidine rings is 1. The van der Waals surface area contributed by atoms with Crippen LogP contribution >= 0.6 is 0 Å². The van der Waals surface area contributed by atoms with Gasteiger partial charge in [-0.2, -0.15) is 0 Å². The average Bonchev–Trinajstić information content (AvgIpc) is 2.71. The molecule has 1 spiro atoms. The maximum atomic E-state index is 12.1. The van der Waals surface area contributed by atoms with Crippen LogP contribution in [0.5, 0.6) is 0 Å². The highest BCUT2D eigenvalue weighted by atomic mass is 16.6. The van der Waals surface area contributed by atoms with Crippen LogP contribution < -0.4 is 0 Å². The van der Waals surface area contributed by atoms with Gasteiger partial charge in [-0.3, -0.25) is 4.98 Å². The molecule has 1 aromatic heterocycles. The van der Waals surface area contributed by atoms with Gasteiger partial charge in [0.2, 0.25) is 0 Å². The minimum Gasteiger partial charge on any atom is -0.444 e. The number of fused-ring (bicyclic) bond motifs is 1. The molecule has 1 amide bonds. The largest absolute Gasteiger partial charge is 0.444 e. The molecule has 1 N–H and O–H groups in total. The fraction of sp³-hybridized carbons (Fsp3) is 0.647. The number of likely N-dealkylation sites (tertiary alicyclic amines) is 1. The van der Waals surface area contributed by atoms with Gasteiger partial charge < -0.3 is 14.7 Å². The summed E-state index contributed by atoms with van der Waals surface area (Å²) < 4.78 is 5.43. The maximum absolute atomic E-state index is 12.1. The summed E-state index contributed by atoms with van der Waals surface area (Å²) in [7, 11) is 0. The Kier molecular flexibility index (Phi) is 3.63. The lowest BCUT2D eigenvalue weighted by Crippen LogP contribution is -2.46. The zero-order chi connectivity index (χ0) is 16.0. The molecule has 0 radical (unpaired) electrons. The van der Waals surface area contributed by atoms with Crippen molar-refractivity contribution in [3.63, 3.8) is 0 Å². The van der Waals surface area contributed by atoms with E-state index in [2.05, 4.69) is 4.98 Å². The van der Waals surface area contributed by atoms with Gasteiger partial charge in [-0.1, -0.05) is 6.07 Å². The van der Waals surface area contributed by atoms with Crippen molar-refractivity contribution in [2.24, 2.45) is 5.41 Å². The van der Waals surface area contributed by atoms with E-state index in [-0.39, 0.29) is 11.5 Å². The number of nitrogens with zero attached hydrogens (tertiary/aromatic N) is 2. The standard InChI is InChI=1S/C17H24N2O3/c1-16(2,3)22-15(21)19-9-6-17(7-10-19)11-13-12(14(17)20)5-4-8-18-13/h4-5,8,14,20H,6-7,9-11H2,1-3H3. The molecular weight excluding hydrogens is 280 g/mol. The van der Waals surface area contributed by atoms with E-state index in [1.54, 1.807) is 11.1 Å². The SMILES string of the molecule is CC(C)(C)OC(=O)N1CCC2(CC1)Cc1ncccc1C2O. The molecule has 2 aliphatic rings. The number of aromatic nitrogens is 1. The summed E-state index contributed by atoms with van der Waals surface area (Å²) in [6, 6.07) is 3.83. The number of pyridine rings is 1. The van der Waals surface area contributed by atoms with Crippen molar-refractivity contribution in [1.29, 1.82) is 0 Å². The first-order valence-corrected chi connectivity index (χ1v) is 7.91. The van der Waals surface area contributed by atoms with Crippen molar-refractivity contribution < 1.29 is 14.6 Å². The van der Waals surface area contributed by atoms with Crippen LogP contribution in [-0.4, -0.2) is 39.8 Å². The summed E-state index contributed by atoms with van der Waals surface area (Å²) in [5.41, 5.74) is 1.31. The average molecular weight is 304 g/mol. The van der Waals surface area contributed by atoms with Gasteiger partial charge in [0, 0.05) is 36.0 Å². The molecule has 1 aliphatic carbocycles. The van der Waals surface area contributed by atoms with Crippen LogP contribution in [0.3, 0.4) is 0 Å². The normalized spacial score (nSPS) is 23.5. The molecule has 1 aromatic rings. The molecule has 2 heterocycles. The zero-order valence-electron chi connectivity index (χ0n) is 13.5. The van der Waals surface area contributed by atoms with Crippen LogP contribution in [-0.2, 0) is 11.2 Å². The first-order valence-electron chi connectivity index (χ1n) is 7.91. The summed E-state index contributed by atoms with van der Waals surface area (Å²) in [5, 5.41) is 10.7. The smallest absolute Gasteiger partial charge is 0.410 e. The van der Waals surface area contributed by atoms with E-state index < -0.39 is 11.7 Å². The Morgan fingerprint density at radius 2 is 2.09 bits per heavy atom. The first-order chi connectivity index (χ1) is 10.3. The number of hydrogen-bond acceptors (Lipinski definition) is 4. The Morgan fingerprint density at radius 3 is 2.68 bits per heavy atom. The van der Waals surface area contributed by atoms with E-state index in [4.69, 9.17) is 4.74 Å². The molecule has 0 saturated carbocycles. The monoisotopic (exact) mass is 304 g/mol. The van der Waals surface area contributed by atoms with Gasteiger partial charge in [0.25, 0.3) is 0 Å². The van der Waals surface area contributed by atoms with Gasteiger partial charge in [0.15, 0.2) is 0 Å². The highest BCUT2D eigenvalue weighted by Crippen LogP contribution is 2.51.